The van der Waals surface area contributed by atoms with Crippen LogP contribution < -0.4 is 5.32 Å². The third-order valence-corrected chi connectivity index (χ3v) is 5.55. The quantitative estimate of drug-likeness (QED) is 0.923. The number of hydrogen-bond donors (Lipinski definition) is 1. The summed E-state index contributed by atoms with van der Waals surface area (Å²) in [6.07, 6.45) is 6.11. The predicted octanol–water partition coefficient (Wildman–Crippen LogP) is 1.80. The summed E-state index contributed by atoms with van der Waals surface area (Å²) in [5.74, 6) is 2.58. The van der Waals surface area contributed by atoms with Crippen molar-refractivity contribution in [3.8, 4) is 0 Å². The van der Waals surface area contributed by atoms with Crippen LogP contribution in [-0.2, 0) is 6.54 Å². The molecule has 3 rings (SSSR count). The fourth-order valence-corrected chi connectivity index (χ4v) is 4.21. The van der Waals surface area contributed by atoms with Crippen molar-refractivity contribution >= 4 is 17.8 Å². The van der Waals surface area contributed by atoms with Crippen LogP contribution in [0.5, 0.6) is 0 Å². The second kappa shape index (κ2) is 7.83. The largest absolute Gasteiger partial charge is 0.334 e. The van der Waals surface area contributed by atoms with Gasteiger partial charge in [0.05, 0.1) is 0 Å². The van der Waals surface area contributed by atoms with Gasteiger partial charge in [-0.2, -0.15) is 11.8 Å². The molecule has 0 aliphatic carbocycles. The second-order valence-electron chi connectivity index (χ2n) is 5.88. The Morgan fingerprint density at radius 2 is 1.86 bits per heavy atom. The zero-order valence-electron chi connectivity index (χ0n) is 12.9. The molecule has 2 aliphatic heterocycles. The summed E-state index contributed by atoms with van der Waals surface area (Å²) in [7, 11) is 0. The Kier molecular flexibility index (Phi) is 5.56. The molecule has 1 aromatic heterocycles. The number of rotatable bonds is 3. The minimum absolute atomic E-state index is 0.0515. The summed E-state index contributed by atoms with van der Waals surface area (Å²) in [5.41, 5.74) is 1.08. The molecule has 0 spiro atoms. The summed E-state index contributed by atoms with van der Waals surface area (Å²) in [6, 6.07) is 4.65. The van der Waals surface area contributed by atoms with Crippen LogP contribution in [0.3, 0.4) is 0 Å². The average molecular weight is 320 g/mol. The first-order chi connectivity index (χ1) is 10.8. The van der Waals surface area contributed by atoms with Crippen LogP contribution in [0, 0.1) is 0 Å². The fraction of sp³-hybridized carbons (Fsp3) is 0.625. The zero-order valence-corrected chi connectivity index (χ0v) is 13.7. The number of nitrogens with one attached hydrogen (secondary N) is 1. The van der Waals surface area contributed by atoms with Crippen molar-refractivity contribution in [2.24, 2.45) is 0 Å². The number of nitrogens with zero attached hydrogens (tertiary/aromatic N) is 3. The smallest absolute Gasteiger partial charge is 0.317 e. The van der Waals surface area contributed by atoms with E-state index in [0.717, 1.165) is 37.8 Å². The second-order valence-corrected chi connectivity index (χ2v) is 7.11. The first kappa shape index (κ1) is 15.6. The van der Waals surface area contributed by atoms with E-state index in [-0.39, 0.29) is 6.03 Å². The van der Waals surface area contributed by atoms with Crippen molar-refractivity contribution in [3.63, 3.8) is 0 Å². The van der Waals surface area contributed by atoms with Crippen molar-refractivity contribution in [2.45, 2.75) is 25.4 Å². The van der Waals surface area contributed by atoms with Crippen molar-refractivity contribution < 1.29 is 4.79 Å². The standard InChI is InChI=1S/C16H24N4OS/c21-16(18-13-14-1-5-17-6-2-14)20-9-7-19(8-10-20)15-3-11-22-12-4-15/h1-2,5-6,15H,3-4,7-13H2,(H,18,21). The van der Waals surface area contributed by atoms with Gasteiger partial charge in [-0.05, 0) is 42.0 Å². The van der Waals surface area contributed by atoms with E-state index in [1.54, 1.807) is 12.4 Å². The van der Waals surface area contributed by atoms with Gasteiger partial charge in [-0.1, -0.05) is 0 Å². The highest BCUT2D eigenvalue weighted by Gasteiger charge is 2.26. The maximum absolute atomic E-state index is 12.2. The van der Waals surface area contributed by atoms with Gasteiger partial charge in [-0.3, -0.25) is 9.88 Å². The molecule has 0 unspecified atom stereocenters. The van der Waals surface area contributed by atoms with Crippen molar-refractivity contribution in [1.82, 2.24) is 20.1 Å². The van der Waals surface area contributed by atoms with Crippen LogP contribution in [0.4, 0.5) is 4.79 Å². The lowest BCUT2D eigenvalue weighted by atomic mass is 10.1. The molecular formula is C16H24N4OS. The first-order valence-corrected chi connectivity index (χ1v) is 9.22. The number of aromatic nitrogens is 1. The van der Waals surface area contributed by atoms with Gasteiger partial charge >= 0.3 is 6.03 Å². The van der Waals surface area contributed by atoms with Gasteiger partial charge in [0.15, 0.2) is 0 Å². The first-order valence-electron chi connectivity index (χ1n) is 8.06. The van der Waals surface area contributed by atoms with Gasteiger partial charge in [0.1, 0.15) is 0 Å². The number of carbonyl (C=O) groups is 1. The Bertz CT molecular complexity index is 470. The summed E-state index contributed by atoms with van der Waals surface area (Å²) in [5, 5.41) is 3.00. The topological polar surface area (TPSA) is 48.5 Å². The zero-order chi connectivity index (χ0) is 15.2. The average Bonchev–Trinajstić information content (AvgIpc) is 2.61. The van der Waals surface area contributed by atoms with Gasteiger partial charge in [0.2, 0.25) is 0 Å². The molecule has 5 nitrogen and oxygen atoms in total. The fourth-order valence-electron chi connectivity index (χ4n) is 3.13. The third kappa shape index (κ3) is 4.14. The lowest BCUT2D eigenvalue weighted by molar-refractivity contribution is 0.104. The van der Waals surface area contributed by atoms with Gasteiger partial charge < -0.3 is 10.2 Å². The summed E-state index contributed by atoms with van der Waals surface area (Å²) in [6.45, 7) is 4.27. The maximum Gasteiger partial charge on any atom is 0.317 e. The number of hydrogen-bond acceptors (Lipinski definition) is 4. The van der Waals surface area contributed by atoms with Gasteiger partial charge in [0.25, 0.3) is 0 Å². The molecule has 2 amide bonds. The molecule has 3 heterocycles. The maximum atomic E-state index is 12.2. The van der Waals surface area contributed by atoms with E-state index in [2.05, 4.69) is 27.0 Å². The van der Waals surface area contributed by atoms with E-state index in [1.165, 1.54) is 24.3 Å². The Morgan fingerprint density at radius 1 is 1.18 bits per heavy atom. The molecule has 1 N–H and O–H groups in total. The number of urea groups is 1. The Morgan fingerprint density at radius 3 is 2.55 bits per heavy atom. The van der Waals surface area contributed by atoms with Gasteiger partial charge in [-0.15, -0.1) is 0 Å². The van der Waals surface area contributed by atoms with E-state index in [0.29, 0.717) is 6.54 Å². The molecule has 120 valence electrons. The normalized spacial score (nSPS) is 20.8. The van der Waals surface area contributed by atoms with Gasteiger partial charge in [0, 0.05) is 51.2 Å². The van der Waals surface area contributed by atoms with Crippen LogP contribution >= 0.6 is 11.8 Å². The van der Waals surface area contributed by atoms with E-state index in [9.17, 15) is 4.79 Å². The molecule has 22 heavy (non-hydrogen) atoms. The molecule has 0 atom stereocenters. The van der Waals surface area contributed by atoms with Crippen LogP contribution in [0.15, 0.2) is 24.5 Å². The molecule has 2 fully saturated rings. The number of pyridine rings is 1. The summed E-state index contributed by atoms with van der Waals surface area (Å²) in [4.78, 5) is 20.7. The highest BCUT2D eigenvalue weighted by atomic mass is 32.2. The molecule has 0 saturated carbocycles. The molecule has 0 aromatic carbocycles. The summed E-state index contributed by atoms with van der Waals surface area (Å²) >= 11 is 2.07. The molecule has 6 heteroatoms. The van der Waals surface area contributed by atoms with Crippen molar-refractivity contribution in [2.75, 3.05) is 37.7 Å². The highest BCUT2D eigenvalue weighted by Crippen LogP contribution is 2.22. The Balaban J connectivity index is 1.41. The van der Waals surface area contributed by atoms with E-state index >= 15 is 0 Å². The molecule has 1 aromatic rings. The monoisotopic (exact) mass is 320 g/mol. The minimum Gasteiger partial charge on any atom is -0.334 e. The third-order valence-electron chi connectivity index (χ3n) is 4.50. The highest BCUT2D eigenvalue weighted by molar-refractivity contribution is 7.99. The molecule has 2 aliphatic rings. The predicted molar refractivity (Wildman–Crippen MR) is 90.0 cm³/mol. The molecular weight excluding hydrogens is 296 g/mol. The van der Waals surface area contributed by atoms with Crippen LogP contribution in [-0.4, -0.2) is 64.5 Å². The van der Waals surface area contributed by atoms with Crippen molar-refractivity contribution in [3.05, 3.63) is 30.1 Å². The number of carbonyl (C=O) groups excluding carboxylic acids is 1. The Hall–Kier alpha value is -1.27. The van der Waals surface area contributed by atoms with Crippen LogP contribution in [0.25, 0.3) is 0 Å². The van der Waals surface area contributed by atoms with E-state index < -0.39 is 0 Å². The lowest BCUT2D eigenvalue weighted by Gasteiger charge is -2.40. The SMILES string of the molecule is O=C(NCc1ccncc1)N1CCN(C2CCSCC2)CC1. The lowest BCUT2D eigenvalue weighted by Crippen LogP contribution is -2.54. The number of piperazine rings is 1. The van der Waals surface area contributed by atoms with Crippen LogP contribution in [0.1, 0.15) is 18.4 Å². The Labute approximate surface area is 136 Å². The number of amides is 2. The molecule has 0 bridgehead atoms. The molecule has 0 radical (unpaired) electrons. The van der Waals surface area contributed by atoms with E-state index in [1.807, 2.05) is 17.0 Å². The summed E-state index contributed by atoms with van der Waals surface area (Å²) < 4.78 is 0. The van der Waals surface area contributed by atoms with Gasteiger partial charge in [-0.25, -0.2) is 4.79 Å². The van der Waals surface area contributed by atoms with Crippen LogP contribution in [0.2, 0.25) is 0 Å². The molecule has 2 saturated heterocycles. The number of thioether (sulfide) groups is 1. The van der Waals surface area contributed by atoms with Crippen molar-refractivity contribution in [1.29, 1.82) is 0 Å². The minimum atomic E-state index is 0.0515. The van der Waals surface area contributed by atoms with E-state index in [4.69, 9.17) is 0 Å².